The van der Waals surface area contributed by atoms with E-state index in [4.69, 9.17) is 16.6 Å². The van der Waals surface area contributed by atoms with Gasteiger partial charge in [0.05, 0.1) is 23.6 Å². The van der Waals surface area contributed by atoms with Crippen LogP contribution in [0.25, 0.3) is 0 Å². The Labute approximate surface area is 163 Å². The zero-order valence-corrected chi connectivity index (χ0v) is 16.7. The molecule has 2 aromatic rings. The second-order valence-corrected chi connectivity index (χ2v) is 10.3. The van der Waals surface area contributed by atoms with E-state index in [1.807, 2.05) is 24.3 Å². The molecule has 4 nitrogen and oxygen atoms in total. The molecule has 0 amide bonds. The summed E-state index contributed by atoms with van der Waals surface area (Å²) in [5, 5.41) is 1.51. The van der Waals surface area contributed by atoms with Crippen molar-refractivity contribution in [1.29, 1.82) is 0 Å². The highest BCUT2D eigenvalue weighted by Gasteiger charge is 2.47. The van der Waals surface area contributed by atoms with Gasteiger partial charge in [-0.2, -0.15) is 0 Å². The van der Waals surface area contributed by atoms with Crippen LogP contribution in [0.1, 0.15) is 11.1 Å². The first-order valence-electron chi connectivity index (χ1n) is 8.43. The Morgan fingerprint density at radius 3 is 2.77 bits per heavy atom. The van der Waals surface area contributed by atoms with Crippen molar-refractivity contribution < 1.29 is 8.42 Å². The molecule has 2 heterocycles. The topological polar surface area (TPSA) is 49.7 Å². The van der Waals surface area contributed by atoms with E-state index in [1.54, 1.807) is 11.8 Å². The van der Waals surface area contributed by atoms with Crippen LogP contribution in [-0.4, -0.2) is 37.2 Å². The maximum Gasteiger partial charge on any atom is 0.164 e. The number of aliphatic imine (C=N–C) groups is 1. The smallest absolute Gasteiger partial charge is 0.164 e. The number of fused-ring (bicyclic) bond motifs is 1. The first kappa shape index (κ1) is 17.9. The number of nitrogens with zero attached hydrogens (tertiary/aromatic N) is 2. The molecule has 0 radical (unpaired) electrons. The molecular weight excluding hydrogens is 388 g/mol. The van der Waals surface area contributed by atoms with Gasteiger partial charge >= 0.3 is 0 Å². The summed E-state index contributed by atoms with van der Waals surface area (Å²) in [7, 11) is -3.04. The number of hydrogen-bond donors (Lipinski definition) is 0. The maximum absolute atomic E-state index is 12.1. The second kappa shape index (κ2) is 6.91. The molecule has 7 heteroatoms. The van der Waals surface area contributed by atoms with E-state index in [9.17, 15) is 8.42 Å². The molecule has 26 heavy (non-hydrogen) atoms. The van der Waals surface area contributed by atoms with Gasteiger partial charge in [-0.1, -0.05) is 59.3 Å². The van der Waals surface area contributed by atoms with E-state index in [2.05, 4.69) is 36.1 Å². The number of sulfone groups is 1. The molecule has 0 bridgehead atoms. The van der Waals surface area contributed by atoms with Gasteiger partial charge in [0, 0.05) is 16.5 Å². The van der Waals surface area contributed by atoms with Crippen LogP contribution in [0.15, 0.2) is 53.5 Å². The lowest BCUT2D eigenvalue weighted by Gasteiger charge is -2.26. The normalized spacial score (nSPS) is 23.8. The first-order valence-corrected chi connectivity index (χ1v) is 11.6. The van der Waals surface area contributed by atoms with Gasteiger partial charge in [0.2, 0.25) is 0 Å². The Bertz CT molecular complexity index is 975. The molecule has 0 aliphatic carbocycles. The highest BCUT2D eigenvalue weighted by Crippen LogP contribution is 2.36. The fraction of sp³-hybridized carbons (Fsp3) is 0.316. The summed E-state index contributed by atoms with van der Waals surface area (Å²) >= 11 is 7.82. The molecule has 4 rings (SSSR count). The molecule has 2 aromatic carbocycles. The zero-order valence-electron chi connectivity index (χ0n) is 14.3. The SMILES string of the molecule is Cc1cccc(CSC2=N[C@H]3CS(=O)(=O)C[C@H]3N2c2cccc(Cl)c2)c1. The molecule has 0 unspecified atom stereocenters. The molecule has 1 fully saturated rings. The van der Waals surface area contributed by atoms with Crippen molar-refractivity contribution in [2.75, 3.05) is 16.4 Å². The highest BCUT2D eigenvalue weighted by atomic mass is 35.5. The number of anilines is 1. The summed E-state index contributed by atoms with van der Waals surface area (Å²) in [6, 6.07) is 15.6. The number of hydrogen-bond acceptors (Lipinski definition) is 5. The summed E-state index contributed by atoms with van der Waals surface area (Å²) < 4.78 is 24.2. The monoisotopic (exact) mass is 406 g/mol. The molecule has 0 aromatic heterocycles. The van der Waals surface area contributed by atoms with Gasteiger partial charge in [0.15, 0.2) is 15.0 Å². The molecule has 2 aliphatic heterocycles. The average Bonchev–Trinajstić information content (AvgIpc) is 3.04. The highest BCUT2D eigenvalue weighted by molar-refractivity contribution is 8.13. The predicted octanol–water partition coefficient (Wildman–Crippen LogP) is 3.92. The molecule has 1 saturated heterocycles. The fourth-order valence-electron chi connectivity index (χ4n) is 3.51. The minimum absolute atomic E-state index is 0.128. The van der Waals surface area contributed by atoms with Crippen molar-refractivity contribution >= 4 is 44.1 Å². The van der Waals surface area contributed by atoms with Crippen molar-refractivity contribution in [3.8, 4) is 0 Å². The average molecular weight is 407 g/mol. The summed E-state index contributed by atoms with van der Waals surface area (Å²) in [6.45, 7) is 2.08. The number of aryl methyl sites for hydroxylation is 1. The Balaban J connectivity index is 1.63. The minimum atomic E-state index is -3.04. The van der Waals surface area contributed by atoms with E-state index in [0.29, 0.717) is 5.02 Å². The van der Waals surface area contributed by atoms with E-state index < -0.39 is 9.84 Å². The minimum Gasteiger partial charge on any atom is -0.315 e. The van der Waals surface area contributed by atoms with Crippen LogP contribution < -0.4 is 4.90 Å². The van der Waals surface area contributed by atoms with Crippen molar-refractivity contribution in [2.24, 2.45) is 4.99 Å². The third-order valence-electron chi connectivity index (χ3n) is 4.64. The van der Waals surface area contributed by atoms with Gasteiger partial charge in [-0.25, -0.2) is 8.42 Å². The summed E-state index contributed by atoms with van der Waals surface area (Å²) in [5.74, 6) is 1.06. The van der Waals surface area contributed by atoms with Crippen LogP contribution in [-0.2, 0) is 15.6 Å². The maximum atomic E-state index is 12.1. The molecule has 0 spiro atoms. The Morgan fingerprint density at radius 1 is 1.19 bits per heavy atom. The number of benzene rings is 2. The van der Waals surface area contributed by atoms with Crippen molar-refractivity contribution in [3.63, 3.8) is 0 Å². The van der Waals surface area contributed by atoms with E-state index in [0.717, 1.165) is 16.6 Å². The van der Waals surface area contributed by atoms with Crippen LogP contribution in [0.5, 0.6) is 0 Å². The quantitative estimate of drug-likeness (QED) is 0.775. The lowest BCUT2D eigenvalue weighted by Crippen LogP contribution is -2.39. The van der Waals surface area contributed by atoms with Crippen LogP contribution in [0.4, 0.5) is 5.69 Å². The van der Waals surface area contributed by atoms with Gasteiger partial charge in [-0.15, -0.1) is 0 Å². The Hall–Kier alpha value is -1.50. The number of thioether (sulfide) groups is 1. The molecular formula is C19H19ClN2O2S2. The summed E-state index contributed by atoms with van der Waals surface area (Å²) in [4.78, 5) is 6.81. The molecule has 0 N–H and O–H groups in total. The third kappa shape index (κ3) is 3.63. The molecule has 136 valence electrons. The number of rotatable bonds is 3. The first-order chi connectivity index (χ1) is 12.4. The van der Waals surface area contributed by atoms with Crippen molar-refractivity contribution in [1.82, 2.24) is 0 Å². The molecule has 2 aliphatic rings. The Kier molecular flexibility index (Phi) is 4.75. The van der Waals surface area contributed by atoms with Crippen molar-refractivity contribution in [2.45, 2.75) is 24.8 Å². The van der Waals surface area contributed by atoms with Gasteiger partial charge in [-0.05, 0) is 30.7 Å². The predicted molar refractivity (Wildman–Crippen MR) is 110 cm³/mol. The van der Waals surface area contributed by atoms with E-state index in [-0.39, 0.29) is 23.6 Å². The number of amidine groups is 1. The second-order valence-electron chi connectivity index (χ2n) is 6.75. The lowest BCUT2D eigenvalue weighted by molar-refractivity contribution is 0.601. The van der Waals surface area contributed by atoms with Gasteiger partial charge in [-0.3, -0.25) is 4.99 Å². The van der Waals surface area contributed by atoms with Gasteiger partial charge in [0.25, 0.3) is 0 Å². The zero-order chi connectivity index (χ0) is 18.3. The van der Waals surface area contributed by atoms with Gasteiger partial charge < -0.3 is 4.90 Å². The van der Waals surface area contributed by atoms with Crippen LogP contribution in [0.2, 0.25) is 5.02 Å². The lowest BCUT2D eigenvalue weighted by atomic mass is 10.1. The summed E-state index contributed by atoms with van der Waals surface area (Å²) in [5.41, 5.74) is 3.36. The largest absolute Gasteiger partial charge is 0.315 e. The third-order valence-corrected chi connectivity index (χ3v) is 7.62. The molecule has 2 atom stereocenters. The van der Waals surface area contributed by atoms with Crippen molar-refractivity contribution in [3.05, 3.63) is 64.7 Å². The standard InChI is InChI=1S/C19H19ClN2O2S2/c1-13-4-2-5-14(8-13)10-25-19-21-17-11-26(23,24)12-18(17)22(19)16-7-3-6-15(20)9-16/h2-9,17-18H,10-12H2,1H3/t17-,18+/m0/s1. The molecule has 0 saturated carbocycles. The van der Waals surface area contributed by atoms with Gasteiger partial charge in [0.1, 0.15) is 0 Å². The van der Waals surface area contributed by atoms with E-state index >= 15 is 0 Å². The number of halogens is 1. The van der Waals surface area contributed by atoms with Crippen LogP contribution in [0.3, 0.4) is 0 Å². The van der Waals surface area contributed by atoms with E-state index in [1.165, 1.54) is 11.1 Å². The summed E-state index contributed by atoms with van der Waals surface area (Å²) in [6.07, 6.45) is 0. The van der Waals surface area contributed by atoms with Crippen LogP contribution in [0, 0.1) is 6.92 Å². The Morgan fingerprint density at radius 2 is 2.00 bits per heavy atom. The van der Waals surface area contributed by atoms with Crippen LogP contribution >= 0.6 is 23.4 Å². The fourth-order valence-corrected chi connectivity index (χ4v) is 6.61.